The van der Waals surface area contributed by atoms with Gasteiger partial charge < -0.3 is 19.7 Å². The molecule has 6 heteroatoms. The number of ether oxygens (including phenoxy) is 2. The third-order valence-corrected chi connectivity index (χ3v) is 3.94. The van der Waals surface area contributed by atoms with Gasteiger partial charge in [-0.05, 0) is 42.3 Å². The van der Waals surface area contributed by atoms with E-state index >= 15 is 0 Å². The predicted molar refractivity (Wildman–Crippen MR) is 100 cm³/mol. The van der Waals surface area contributed by atoms with Crippen molar-refractivity contribution in [3.05, 3.63) is 53.6 Å². The summed E-state index contributed by atoms with van der Waals surface area (Å²) in [5, 5.41) is 2.81. The lowest BCUT2D eigenvalue weighted by Crippen LogP contribution is -2.36. The molecule has 0 aliphatic carbocycles. The van der Waals surface area contributed by atoms with E-state index < -0.39 is 0 Å². The van der Waals surface area contributed by atoms with Crippen molar-refractivity contribution in [3.63, 3.8) is 0 Å². The molecule has 2 aromatic rings. The van der Waals surface area contributed by atoms with Crippen LogP contribution in [0.5, 0.6) is 11.5 Å². The predicted octanol–water partition coefficient (Wildman–Crippen LogP) is 3.00. The van der Waals surface area contributed by atoms with Crippen molar-refractivity contribution in [2.24, 2.45) is 0 Å². The molecule has 0 unspecified atom stereocenters. The van der Waals surface area contributed by atoms with E-state index in [2.05, 4.69) is 5.32 Å². The summed E-state index contributed by atoms with van der Waals surface area (Å²) >= 11 is 0. The van der Waals surface area contributed by atoms with Gasteiger partial charge in [0.1, 0.15) is 18.0 Å². The molecule has 0 fully saturated rings. The van der Waals surface area contributed by atoms with Crippen LogP contribution in [0.4, 0.5) is 5.69 Å². The van der Waals surface area contributed by atoms with Crippen molar-refractivity contribution in [2.75, 3.05) is 26.1 Å². The maximum absolute atomic E-state index is 12.4. The number of hydrogen-bond acceptors (Lipinski definition) is 4. The number of amides is 2. The van der Waals surface area contributed by atoms with E-state index in [0.717, 1.165) is 16.9 Å². The van der Waals surface area contributed by atoms with Crippen LogP contribution < -0.4 is 14.8 Å². The summed E-state index contributed by atoms with van der Waals surface area (Å²) in [5.74, 6) is 0.866. The second kappa shape index (κ2) is 8.89. The maximum atomic E-state index is 12.4. The van der Waals surface area contributed by atoms with Gasteiger partial charge in [0.2, 0.25) is 11.8 Å². The molecule has 0 radical (unpaired) electrons. The van der Waals surface area contributed by atoms with Crippen molar-refractivity contribution in [3.8, 4) is 11.5 Å². The average molecular weight is 356 g/mol. The van der Waals surface area contributed by atoms with Crippen LogP contribution in [0.2, 0.25) is 0 Å². The second-order valence-corrected chi connectivity index (χ2v) is 5.98. The Kier molecular flexibility index (Phi) is 6.60. The van der Waals surface area contributed by atoms with Crippen LogP contribution in [0.25, 0.3) is 0 Å². The summed E-state index contributed by atoms with van der Waals surface area (Å²) in [5.41, 5.74) is 2.51. The van der Waals surface area contributed by atoms with Gasteiger partial charge >= 0.3 is 0 Å². The fourth-order valence-electron chi connectivity index (χ4n) is 2.51. The highest BCUT2D eigenvalue weighted by molar-refractivity contribution is 5.95. The first kappa shape index (κ1) is 19.3. The van der Waals surface area contributed by atoms with Gasteiger partial charge in [0, 0.05) is 13.5 Å². The molecule has 26 heavy (non-hydrogen) atoms. The molecule has 0 saturated carbocycles. The van der Waals surface area contributed by atoms with Crippen LogP contribution in [0, 0.1) is 6.92 Å². The van der Waals surface area contributed by atoms with E-state index in [0.29, 0.717) is 18.0 Å². The van der Waals surface area contributed by atoms with Crippen molar-refractivity contribution >= 4 is 17.5 Å². The second-order valence-electron chi connectivity index (χ2n) is 5.98. The molecule has 2 amide bonds. The van der Waals surface area contributed by atoms with Crippen molar-refractivity contribution < 1.29 is 19.1 Å². The molecule has 2 rings (SSSR count). The smallest absolute Gasteiger partial charge is 0.244 e. The first-order valence-electron chi connectivity index (χ1n) is 8.26. The van der Waals surface area contributed by atoms with Gasteiger partial charge in [0.05, 0.1) is 19.9 Å². The molecule has 6 nitrogen and oxygen atoms in total. The standard InChI is InChI=1S/C20H24N2O4/c1-14-5-10-19(26-4)18(11-14)21-20(24)13-22(15(2)23)12-16-6-8-17(25-3)9-7-16/h5-11H,12-13H2,1-4H3,(H,21,24). The lowest BCUT2D eigenvalue weighted by Gasteiger charge is -2.21. The molecule has 138 valence electrons. The molecule has 2 aromatic carbocycles. The molecule has 0 aliphatic rings. The van der Waals surface area contributed by atoms with Gasteiger partial charge in [-0.1, -0.05) is 18.2 Å². The molecule has 0 aliphatic heterocycles. The number of nitrogens with one attached hydrogen (secondary N) is 1. The average Bonchev–Trinajstić information content (AvgIpc) is 2.62. The van der Waals surface area contributed by atoms with Gasteiger partial charge in [-0.2, -0.15) is 0 Å². The highest BCUT2D eigenvalue weighted by atomic mass is 16.5. The Labute approximate surface area is 153 Å². The number of carbonyl (C=O) groups excluding carboxylic acids is 2. The maximum Gasteiger partial charge on any atom is 0.244 e. The fraction of sp³-hybridized carbons (Fsp3) is 0.300. The first-order chi connectivity index (χ1) is 12.4. The number of carbonyl (C=O) groups is 2. The molecule has 0 heterocycles. The van der Waals surface area contributed by atoms with Crippen molar-refractivity contribution in [2.45, 2.75) is 20.4 Å². The molecule has 0 saturated heterocycles. The number of methoxy groups -OCH3 is 2. The van der Waals surface area contributed by atoms with Crippen LogP contribution in [0.1, 0.15) is 18.1 Å². The molecule has 0 bridgehead atoms. The minimum Gasteiger partial charge on any atom is -0.497 e. The Morgan fingerprint density at radius 1 is 1.04 bits per heavy atom. The van der Waals surface area contributed by atoms with Crippen molar-refractivity contribution in [1.82, 2.24) is 4.90 Å². The number of aryl methyl sites for hydroxylation is 1. The van der Waals surface area contributed by atoms with E-state index in [-0.39, 0.29) is 18.4 Å². The highest BCUT2D eigenvalue weighted by Gasteiger charge is 2.16. The monoisotopic (exact) mass is 356 g/mol. The van der Waals surface area contributed by atoms with Crippen LogP contribution >= 0.6 is 0 Å². The number of hydrogen-bond donors (Lipinski definition) is 1. The zero-order chi connectivity index (χ0) is 19.1. The lowest BCUT2D eigenvalue weighted by atomic mass is 10.2. The van der Waals surface area contributed by atoms with Gasteiger partial charge in [0.15, 0.2) is 0 Å². The molecular weight excluding hydrogens is 332 g/mol. The molecule has 1 N–H and O–H groups in total. The Hall–Kier alpha value is -3.02. The minimum atomic E-state index is -0.280. The summed E-state index contributed by atoms with van der Waals surface area (Å²) in [7, 11) is 3.15. The molecule has 0 spiro atoms. The minimum absolute atomic E-state index is 0.0432. The lowest BCUT2D eigenvalue weighted by molar-refractivity contribution is -0.133. The summed E-state index contributed by atoms with van der Waals surface area (Å²) in [4.78, 5) is 25.8. The zero-order valence-corrected chi connectivity index (χ0v) is 15.5. The number of rotatable bonds is 7. The van der Waals surface area contributed by atoms with Crippen LogP contribution in [-0.2, 0) is 16.1 Å². The van der Waals surface area contributed by atoms with Crippen LogP contribution in [-0.4, -0.2) is 37.5 Å². The normalized spacial score (nSPS) is 10.2. The van der Waals surface area contributed by atoms with E-state index in [9.17, 15) is 9.59 Å². The van der Waals surface area contributed by atoms with Gasteiger partial charge in [-0.15, -0.1) is 0 Å². The van der Waals surface area contributed by atoms with Crippen LogP contribution in [0.3, 0.4) is 0 Å². The summed E-state index contributed by atoms with van der Waals surface area (Å²) < 4.78 is 10.4. The Morgan fingerprint density at radius 2 is 1.73 bits per heavy atom. The Morgan fingerprint density at radius 3 is 2.31 bits per heavy atom. The summed E-state index contributed by atoms with van der Waals surface area (Å²) in [6.45, 7) is 3.68. The molecule has 0 atom stereocenters. The molecule has 0 aromatic heterocycles. The van der Waals surface area contributed by atoms with Gasteiger partial charge in [-0.3, -0.25) is 9.59 Å². The Bertz CT molecular complexity index is 772. The van der Waals surface area contributed by atoms with E-state index in [1.165, 1.54) is 11.8 Å². The van der Waals surface area contributed by atoms with Gasteiger partial charge in [-0.25, -0.2) is 0 Å². The van der Waals surface area contributed by atoms with Gasteiger partial charge in [0.25, 0.3) is 0 Å². The third-order valence-electron chi connectivity index (χ3n) is 3.94. The fourth-order valence-corrected chi connectivity index (χ4v) is 2.51. The van der Waals surface area contributed by atoms with E-state index in [1.54, 1.807) is 20.3 Å². The topological polar surface area (TPSA) is 67.9 Å². The van der Waals surface area contributed by atoms with E-state index in [1.807, 2.05) is 43.3 Å². The summed E-state index contributed by atoms with van der Waals surface area (Å²) in [6.07, 6.45) is 0. The quantitative estimate of drug-likeness (QED) is 0.828. The summed E-state index contributed by atoms with van der Waals surface area (Å²) in [6, 6.07) is 12.9. The highest BCUT2D eigenvalue weighted by Crippen LogP contribution is 2.25. The van der Waals surface area contributed by atoms with Crippen molar-refractivity contribution in [1.29, 1.82) is 0 Å². The number of anilines is 1. The SMILES string of the molecule is COc1ccc(CN(CC(=O)Nc2cc(C)ccc2OC)C(C)=O)cc1. The third kappa shape index (κ3) is 5.24. The first-order valence-corrected chi connectivity index (χ1v) is 8.26. The Balaban J connectivity index is 2.05. The van der Waals surface area contributed by atoms with Crippen LogP contribution in [0.15, 0.2) is 42.5 Å². The largest absolute Gasteiger partial charge is 0.497 e. The number of benzene rings is 2. The number of nitrogens with zero attached hydrogens (tertiary/aromatic N) is 1. The molecular formula is C20H24N2O4. The van der Waals surface area contributed by atoms with E-state index in [4.69, 9.17) is 9.47 Å². The zero-order valence-electron chi connectivity index (χ0n) is 15.5.